The molecule has 3 rings (SSSR count). The van der Waals surface area contributed by atoms with Crippen molar-refractivity contribution in [3.8, 4) is 0 Å². The van der Waals surface area contributed by atoms with Crippen LogP contribution in [0.3, 0.4) is 0 Å². The maximum absolute atomic E-state index is 12.8. The molecule has 1 atom stereocenters. The van der Waals surface area contributed by atoms with Crippen molar-refractivity contribution in [3.63, 3.8) is 0 Å². The summed E-state index contributed by atoms with van der Waals surface area (Å²) in [7, 11) is 0. The van der Waals surface area contributed by atoms with Crippen LogP contribution in [0.1, 0.15) is 22.8 Å². The van der Waals surface area contributed by atoms with Gasteiger partial charge in [0, 0.05) is 24.4 Å². The second-order valence-corrected chi connectivity index (χ2v) is 6.63. The first kappa shape index (κ1) is 21.2. The summed E-state index contributed by atoms with van der Waals surface area (Å²) in [5.74, 6) is -0.209. The maximum Gasteiger partial charge on any atom is 0.328 e. The number of anilines is 2. The molecule has 154 valence electrons. The Kier molecular flexibility index (Phi) is 7.29. The van der Waals surface area contributed by atoms with Gasteiger partial charge in [-0.25, -0.2) is 14.8 Å². The molecule has 1 amide bonds. The molecular formula is C21H20ClN5O3. The van der Waals surface area contributed by atoms with Gasteiger partial charge in [0.1, 0.15) is 22.8 Å². The first-order chi connectivity index (χ1) is 14.5. The second-order valence-electron chi connectivity index (χ2n) is 6.25. The van der Waals surface area contributed by atoms with Gasteiger partial charge in [0.2, 0.25) is 0 Å². The summed E-state index contributed by atoms with van der Waals surface area (Å²) in [5, 5.41) is 5.78. The average Bonchev–Trinajstić information content (AvgIpc) is 2.74. The van der Waals surface area contributed by atoms with Crippen LogP contribution in [0.2, 0.25) is 5.15 Å². The van der Waals surface area contributed by atoms with E-state index in [1.165, 1.54) is 30.7 Å². The van der Waals surface area contributed by atoms with Gasteiger partial charge in [0.25, 0.3) is 5.91 Å². The number of carbonyl (C=O) groups excluding carboxylic acids is 2. The highest BCUT2D eigenvalue weighted by atomic mass is 35.5. The van der Waals surface area contributed by atoms with Gasteiger partial charge in [-0.2, -0.15) is 0 Å². The fourth-order valence-corrected chi connectivity index (χ4v) is 2.92. The van der Waals surface area contributed by atoms with Crippen molar-refractivity contribution in [2.45, 2.75) is 19.4 Å². The molecule has 0 bridgehead atoms. The van der Waals surface area contributed by atoms with Crippen LogP contribution in [0, 0.1) is 0 Å². The highest BCUT2D eigenvalue weighted by Crippen LogP contribution is 2.18. The molecule has 0 spiro atoms. The summed E-state index contributed by atoms with van der Waals surface area (Å²) >= 11 is 6.08. The van der Waals surface area contributed by atoms with Crippen LogP contribution in [0.15, 0.2) is 61.1 Å². The fourth-order valence-electron chi connectivity index (χ4n) is 2.71. The van der Waals surface area contributed by atoms with E-state index in [4.69, 9.17) is 16.3 Å². The molecule has 9 heteroatoms. The van der Waals surface area contributed by atoms with Crippen molar-refractivity contribution < 1.29 is 14.3 Å². The lowest BCUT2D eigenvalue weighted by atomic mass is 10.1. The lowest BCUT2D eigenvalue weighted by Gasteiger charge is -2.18. The Hall–Kier alpha value is -3.52. The zero-order valence-corrected chi connectivity index (χ0v) is 17.0. The Morgan fingerprint density at radius 1 is 1.13 bits per heavy atom. The Morgan fingerprint density at radius 3 is 2.63 bits per heavy atom. The third-order valence-corrected chi connectivity index (χ3v) is 4.23. The zero-order valence-electron chi connectivity index (χ0n) is 16.2. The lowest BCUT2D eigenvalue weighted by molar-refractivity contribution is -0.145. The number of esters is 1. The molecule has 8 nitrogen and oxygen atoms in total. The summed E-state index contributed by atoms with van der Waals surface area (Å²) in [6, 6.07) is 11.5. The minimum absolute atomic E-state index is 0.116. The van der Waals surface area contributed by atoms with E-state index in [0.717, 1.165) is 5.56 Å². The van der Waals surface area contributed by atoms with E-state index in [1.807, 2.05) is 30.3 Å². The predicted octanol–water partition coefficient (Wildman–Crippen LogP) is 3.17. The van der Waals surface area contributed by atoms with Gasteiger partial charge in [-0.15, -0.1) is 0 Å². The van der Waals surface area contributed by atoms with Crippen molar-refractivity contribution in [1.82, 2.24) is 20.3 Å². The predicted molar refractivity (Wildman–Crippen MR) is 113 cm³/mol. The van der Waals surface area contributed by atoms with Crippen LogP contribution in [0.5, 0.6) is 0 Å². The smallest absolute Gasteiger partial charge is 0.328 e. The molecule has 0 aliphatic carbocycles. The number of pyridine rings is 1. The van der Waals surface area contributed by atoms with E-state index >= 15 is 0 Å². The first-order valence-electron chi connectivity index (χ1n) is 9.27. The van der Waals surface area contributed by atoms with Gasteiger partial charge < -0.3 is 15.4 Å². The molecule has 0 fully saturated rings. The zero-order chi connectivity index (χ0) is 21.3. The van der Waals surface area contributed by atoms with Crippen molar-refractivity contribution in [1.29, 1.82) is 0 Å². The first-order valence-corrected chi connectivity index (χ1v) is 9.65. The molecule has 0 unspecified atom stereocenters. The third-order valence-electron chi connectivity index (χ3n) is 4.03. The standard InChI is InChI=1S/C21H20ClN5O3/c1-2-30-21(29)16(10-14-6-4-3-5-7-14)25-20(28)15-11-17(22)26-18(12-15)27-19-13-23-8-9-24-19/h3-9,11-13,16H,2,10H2,1H3,(H,25,28)(H,24,26,27)/t16-/m0/s1. The number of hydrogen-bond acceptors (Lipinski definition) is 7. The van der Waals surface area contributed by atoms with Crippen LogP contribution in [-0.2, 0) is 16.0 Å². The number of nitrogens with one attached hydrogen (secondary N) is 2. The summed E-state index contributed by atoms with van der Waals surface area (Å²) in [5.41, 5.74) is 1.14. The van der Waals surface area contributed by atoms with Crippen LogP contribution >= 0.6 is 11.6 Å². The fraction of sp³-hybridized carbons (Fsp3) is 0.190. The van der Waals surface area contributed by atoms with Crippen LogP contribution < -0.4 is 10.6 Å². The van der Waals surface area contributed by atoms with E-state index < -0.39 is 17.9 Å². The molecule has 2 heterocycles. The summed E-state index contributed by atoms with van der Waals surface area (Å²) in [4.78, 5) is 37.4. The van der Waals surface area contributed by atoms with Crippen molar-refractivity contribution in [3.05, 3.63) is 77.3 Å². The third kappa shape index (κ3) is 5.99. The lowest BCUT2D eigenvalue weighted by Crippen LogP contribution is -2.43. The Morgan fingerprint density at radius 2 is 1.93 bits per heavy atom. The number of benzene rings is 1. The molecule has 0 saturated heterocycles. The highest BCUT2D eigenvalue weighted by Gasteiger charge is 2.23. The number of amides is 1. The van der Waals surface area contributed by atoms with Gasteiger partial charge in [-0.1, -0.05) is 41.9 Å². The molecule has 0 aliphatic heterocycles. The molecule has 2 N–H and O–H groups in total. The number of halogens is 1. The Bertz CT molecular complexity index is 1000. The van der Waals surface area contributed by atoms with Gasteiger partial charge in [0.05, 0.1) is 12.8 Å². The molecular weight excluding hydrogens is 406 g/mol. The van der Waals surface area contributed by atoms with Crippen molar-refractivity contribution >= 4 is 35.1 Å². The number of rotatable bonds is 8. The molecule has 3 aromatic rings. The van der Waals surface area contributed by atoms with Crippen LogP contribution in [-0.4, -0.2) is 39.5 Å². The molecule has 2 aromatic heterocycles. The minimum atomic E-state index is -0.844. The second kappa shape index (κ2) is 10.3. The van der Waals surface area contributed by atoms with E-state index in [0.29, 0.717) is 18.1 Å². The quantitative estimate of drug-likeness (QED) is 0.421. The largest absolute Gasteiger partial charge is 0.464 e. The topological polar surface area (TPSA) is 106 Å². The highest BCUT2D eigenvalue weighted by molar-refractivity contribution is 6.30. The Balaban J connectivity index is 1.78. The summed E-state index contributed by atoms with van der Waals surface area (Å²) in [6.45, 7) is 1.93. The van der Waals surface area contributed by atoms with Crippen LogP contribution in [0.4, 0.5) is 11.6 Å². The molecule has 0 radical (unpaired) electrons. The number of ether oxygens (including phenoxy) is 1. The summed E-state index contributed by atoms with van der Waals surface area (Å²) in [6.07, 6.45) is 4.87. The number of carbonyl (C=O) groups is 2. The van der Waals surface area contributed by atoms with E-state index in [9.17, 15) is 9.59 Å². The molecule has 0 aliphatic rings. The summed E-state index contributed by atoms with van der Waals surface area (Å²) < 4.78 is 5.12. The SMILES string of the molecule is CCOC(=O)[C@H](Cc1ccccc1)NC(=O)c1cc(Cl)nc(Nc2cnccn2)c1. The number of hydrogen-bond donors (Lipinski definition) is 2. The molecule has 0 saturated carbocycles. The van der Waals surface area contributed by atoms with Gasteiger partial charge in [-0.05, 0) is 24.6 Å². The maximum atomic E-state index is 12.8. The monoisotopic (exact) mass is 425 g/mol. The minimum Gasteiger partial charge on any atom is -0.464 e. The molecule has 30 heavy (non-hydrogen) atoms. The van der Waals surface area contributed by atoms with Crippen LogP contribution in [0.25, 0.3) is 0 Å². The molecule has 1 aromatic carbocycles. The average molecular weight is 426 g/mol. The Labute approximate surface area is 178 Å². The van der Waals surface area contributed by atoms with Crippen molar-refractivity contribution in [2.24, 2.45) is 0 Å². The number of aromatic nitrogens is 3. The van der Waals surface area contributed by atoms with Gasteiger partial charge in [-0.3, -0.25) is 9.78 Å². The van der Waals surface area contributed by atoms with Crippen molar-refractivity contribution in [2.75, 3.05) is 11.9 Å². The van der Waals surface area contributed by atoms with Gasteiger partial charge in [0.15, 0.2) is 0 Å². The normalized spacial score (nSPS) is 11.4. The van der Waals surface area contributed by atoms with E-state index in [-0.39, 0.29) is 17.3 Å². The van der Waals surface area contributed by atoms with Gasteiger partial charge >= 0.3 is 5.97 Å². The number of nitrogens with zero attached hydrogens (tertiary/aromatic N) is 3. The van der Waals surface area contributed by atoms with E-state index in [1.54, 1.807) is 6.92 Å². The van der Waals surface area contributed by atoms with E-state index in [2.05, 4.69) is 25.6 Å².